The van der Waals surface area contributed by atoms with Gasteiger partial charge in [-0.3, -0.25) is 4.79 Å². The second-order valence-electron chi connectivity index (χ2n) is 5.40. The van der Waals surface area contributed by atoms with E-state index >= 15 is 0 Å². The lowest BCUT2D eigenvalue weighted by Crippen LogP contribution is -2.14. The molecule has 1 heterocycles. The molecule has 1 N–H and O–H groups in total. The topological polar surface area (TPSA) is 55.4 Å². The molecular weight excluding hydrogens is 353 g/mol. The van der Waals surface area contributed by atoms with Gasteiger partial charge in [0.1, 0.15) is 10.7 Å². The minimum Gasteiger partial charge on any atom is -0.462 e. The van der Waals surface area contributed by atoms with Gasteiger partial charge in [-0.15, -0.1) is 11.3 Å². The summed E-state index contributed by atoms with van der Waals surface area (Å²) in [6, 6.07) is 16.4. The van der Waals surface area contributed by atoms with E-state index in [0.717, 1.165) is 10.4 Å². The molecule has 2 aromatic carbocycles. The molecule has 0 fully saturated rings. The number of carbonyl (C=O) groups is 2. The van der Waals surface area contributed by atoms with Gasteiger partial charge in [0.05, 0.1) is 12.3 Å². The zero-order valence-electron chi connectivity index (χ0n) is 14.0. The number of ether oxygens (including phenoxy) is 1. The van der Waals surface area contributed by atoms with Crippen molar-refractivity contribution in [1.29, 1.82) is 0 Å². The monoisotopic (exact) mass is 369 g/mol. The smallest absolute Gasteiger partial charge is 0.350 e. The average Bonchev–Trinajstić information content (AvgIpc) is 3.07. The SMILES string of the molecule is CCOC(=O)c1sc(-c2ccc(F)cc2)cc1NC(=O)c1ccccc1. The number of anilines is 1. The summed E-state index contributed by atoms with van der Waals surface area (Å²) < 4.78 is 18.2. The van der Waals surface area contributed by atoms with E-state index in [-0.39, 0.29) is 18.3 Å². The number of amides is 1. The molecule has 0 radical (unpaired) electrons. The molecule has 0 aliphatic carbocycles. The van der Waals surface area contributed by atoms with Crippen molar-refractivity contribution in [2.24, 2.45) is 0 Å². The summed E-state index contributed by atoms with van der Waals surface area (Å²) in [6.07, 6.45) is 0. The van der Waals surface area contributed by atoms with Crippen molar-refractivity contribution in [2.45, 2.75) is 6.92 Å². The fourth-order valence-electron chi connectivity index (χ4n) is 2.37. The van der Waals surface area contributed by atoms with Gasteiger partial charge in [0.25, 0.3) is 5.91 Å². The van der Waals surface area contributed by atoms with Crippen LogP contribution in [0.2, 0.25) is 0 Å². The van der Waals surface area contributed by atoms with Crippen molar-refractivity contribution in [3.8, 4) is 10.4 Å². The molecule has 0 aliphatic rings. The molecule has 132 valence electrons. The lowest BCUT2D eigenvalue weighted by Gasteiger charge is -2.06. The Morgan fingerprint density at radius 2 is 1.77 bits per heavy atom. The summed E-state index contributed by atoms with van der Waals surface area (Å²) in [5.41, 5.74) is 1.61. The van der Waals surface area contributed by atoms with Gasteiger partial charge in [0.15, 0.2) is 0 Å². The van der Waals surface area contributed by atoms with E-state index in [1.54, 1.807) is 49.4 Å². The molecule has 0 atom stereocenters. The van der Waals surface area contributed by atoms with E-state index in [0.29, 0.717) is 16.1 Å². The molecule has 0 unspecified atom stereocenters. The first-order valence-corrected chi connectivity index (χ1v) is 8.83. The van der Waals surface area contributed by atoms with Crippen LogP contribution in [0.25, 0.3) is 10.4 Å². The van der Waals surface area contributed by atoms with Crippen molar-refractivity contribution >= 4 is 28.9 Å². The summed E-state index contributed by atoms with van der Waals surface area (Å²) in [5, 5.41) is 2.76. The Morgan fingerprint density at radius 3 is 2.42 bits per heavy atom. The maximum absolute atomic E-state index is 13.1. The van der Waals surface area contributed by atoms with E-state index in [9.17, 15) is 14.0 Å². The molecule has 0 bridgehead atoms. The van der Waals surface area contributed by atoms with Crippen LogP contribution < -0.4 is 5.32 Å². The van der Waals surface area contributed by atoms with Gasteiger partial charge in [0, 0.05) is 10.4 Å². The third-order valence-electron chi connectivity index (χ3n) is 3.61. The van der Waals surface area contributed by atoms with E-state index in [1.807, 2.05) is 6.07 Å². The maximum atomic E-state index is 13.1. The molecule has 0 saturated heterocycles. The number of rotatable bonds is 5. The first-order chi connectivity index (χ1) is 12.6. The molecule has 6 heteroatoms. The van der Waals surface area contributed by atoms with Crippen LogP contribution >= 0.6 is 11.3 Å². The molecule has 1 amide bonds. The van der Waals surface area contributed by atoms with Crippen LogP contribution in [0.15, 0.2) is 60.7 Å². The fourth-order valence-corrected chi connectivity index (χ4v) is 3.39. The zero-order valence-corrected chi connectivity index (χ0v) is 14.8. The fraction of sp³-hybridized carbons (Fsp3) is 0.100. The summed E-state index contributed by atoms with van der Waals surface area (Å²) in [6.45, 7) is 1.95. The summed E-state index contributed by atoms with van der Waals surface area (Å²) in [7, 11) is 0. The zero-order chi connectivity index (χ0) is 18.5. The molecule has 26 heavy (non-hydrogen) atoms. The van der Waals surface area contributed by atoms with E-state index in [1.165, 1.54) is 23.5 Å². The van der Waals surface area contributed by atoms with Crippen LogP contribution in [-0.2, 0) is 4.74 Å². The number of benzene rings is 2. The van der Waals surface area contributed by atoms with Gasteiger partial charge >= 0.3 is 5.97 Å². The molecule has 0 saturated carbocycles. The van der Waals surface area contributed by atoms with E-state index < -0.39 is 5.97 Å². The van der Waals surface area contributed by atoms with Gasteiger partial charge in [-0.25, -0.2) is 9.18 Å². The minimum atomic E-state index is -0.505. The van der Waals surface area contributed by atoms with Gasteiger partial charge < -0.3 is 10.1 Å². The van der Waals surface area contributed by atoms with E-state index in [2.05, 4.69) is 5.32 Å². The summed E-state index contributed by atoms with van der Waals surface area (Å²) in [4.78, 5) is 25.7. The Hall–Kier alpha value is -2.99. The van der Waals surface area contributed by atoms with Crippen LogP contribution in [0.1, 0.15) is 27.0 Å². The van der Waals surface area contributed by atoms with Gasteiger partial charge in [-0.2, -0.15) is 0 Å². The average molecular weight is 369 g/mol. The number of esters is 1. The van der Waals surface area contributed by atoms with Crippen LogP contribution in [0.5, 0.6) is 0 Å². The highest BCUT2D eigenvalue weighted by Crippen LogP contribution is 2.35. The van der Waals surface area contributed by atoms with Crippen molar-refractivity contribution in [1.82, 2.24) is 0 Å². The van der Waals surface area contributed by atoms with Crippen molar-refractivity contribution in [2.75, 3.05) is 11.9 Å². The lowest BCUT2D eigenvalue weighted by molar-refractivity contribution is 0.0533. The van der Waals surface area contributed by atoms with Gasteiger partial charge in [0.2, 0.25) is 0 Å². The van der Waals surface area contributed by atoms with Crippen LogP contribution in [0.4, 0.5) is 10.1 Å². The molecule has 3 rings (SSSR count). The van der Waals surface area contributed by atoms with Crippen molar-refractivity contribution in [3.05, 3.63) is 76.9 Å². The molecule has 3 aromatic rings. The third kappa shape index (κ3) is 3.97. The summed E-state index contributed by atoms with van der Waals surface area (Å²) in [5.74, 6) is -1.16. The first-order valence-electron chi connectivity index (χ1n) is 8.01. The number of carbonyl (C=O) groups excluding carboxylic acids is 2. The largest absolute Gasteiger partial charge is 0.462 e. The van der Waals surface area contributed by atoms with E-state index in [4.69, 9.17) is 4.74 Å². The Labute approximate surface area is 154 Å². The molecule has 0 spiro atoms. The number of thiophene rings is 1. The molecule has 4 nitrogen and oxygen atoms in total. The highest BCUT2D eigenvalue weighted by Gasteiger charge is 2.20. The number of hydrogen-bond donors (Lipinski definition) is 1. The lowest BCUT2D eigenvalue weighted by atomic mass is 10.1. The molecular formula is C20H16FNO3S. The quantitative estimate of drug-likeness (QED) is 0.645. The number of halogens is 1. The second-order valence-corrected chi connectivity index (χ2v) is 6.45. The standard InChI is InChI=1S/C20H16FNO3S/c1-2-25-20(24)18-16(22-19(23)14-6-4-3-5-7-14)12-17(26-18)13-8-10-15(21)11-9-13/h3-12H,2H2,1H3,(H,22,23). The maximum Gasteiger partial charge on any atom is 0.350 e. The van der Waals surface area contributed by atoms with Crippen molar-refractivity contribution < 1.29 is 18.7 Å². The molecule has 1 aromatic heterocycles. The second kappa shape index (κ2) is 7.93. The molecule has 0 aliphatic heterocycles. The van der Waals surface area contributed by atoms with Gasteiger partial charge in [-0.1, -0.05) is 30.3 Å². The first kappa shape index (κ1) is 17.8. The Kier molecular flexibility index (Phi) is 5.43. The van der Waals surface area contributed by atoms with Crippen LogP contribution in [0.3, 0.4) is 0 Å². The minimum absolute atomic E-state index is 0.231. The number of nitrogens with one attached hydrogen (secondary N) is 1. The summed E-state index contributed by atoms with van der Waals surface area (Å²) >= 11 is 1.19. The predicted octanol–water partition coefficient (Wildman–Crippen LogP) is 4.98. The normalized spacial score (nSPS) is 10.4. The van der Waals surface area contributed by atoms with Crippen LogP contribution in [0, 0.1) is 5.82 Å². The Bertz CT molecular complexity index is 920. The van der Waals surface area contributed by atoms with Gasteiger partial charge in [-0.05, 0) is 42.8 Å². The highest BCUT2D eigenvalue weighted by molar-refractivity contribution is 7.18. The third-order valence-corrected chi connectivity index (χ3v) is 4.77. The Morgan fingerprint density at radius 1 is 1.08 bits per heavy atom. The Balaban J connectivity index is 1.95. The number of hydrogen-bond acceptors (Lipinski definition) is 4. The highest BCUT2D eigenvalue weighted by atomic mass is 32.1. The predicted molar refractivity (Wildman–Crippen MR) is 100 cm³/mol. The van der Waals surface area contributed by atoms with Crippen LogP contribution in [-0.4, -0.2) is 18.5 Å². The van der Waals surface area contributed by atoms with Crippen molar-refractivity contribution in [3.63, 3.8) is 0 Å².